The Kier molecular flexibility index (Phi) is 6.04. The molecule has 1 saturated carbocycles. The van der Waals surface area contributed by atoms with E-state index < -0.39 is 0 Å². The van der Waals surface area contributed by atoms with Crippen LogP contribution in [0.1, 0.15) is 58.8 Å². The molecule has 0 spiro atoms. The van der Waals surface area contributed by atoms with Crippen LogP contribution in [0.5, 0.6) is 0 Å². The van der Waals surface area contributed by atoms with Crippen LogP contribution in [0.25, 0.3) is 0 Å². The summed E-state index contributed by atoms with van der Waals surface area (Å²) in [5.41, 5.74) is 9.94. The molecule has 0 heteroatoms. The van der Waals surface area contributed by atoms with E-state index in [1.165, 1.54) is 65.5 Å². The van der Waals surface area contributed by atoms with Gasteiger partial charge < -0.3 is 0 Å². The molecule has 0 aromatic rings. The first-order valence-corrected chi connectivity index (χ1v) is 12.8. The van der Waals surface area contributed by atoms with E-state index >= 15 is 0 Å². The molecule has 1 fully saturated rings. The van der Waals surface area contributed by atoms with E-state index in [4.69, 9.17) is 0 Å². The highest BCUT2D eigenvalue weighted by molar-refractivity contribution is 5.57. The van der Waals surface area contributed by atoms with E-state index in [0.29, 0.717) is 17.3 Å². The van der Waals surface area contributed by atoms with Crippen LogP contribution in [-0.4, -0.2) is 0 Å². The van der Waals surface area contributed by atoms with Gasteiger partial charge in [0, 0.05) is 11.8 Å². The zero-order chi connectivity index (χ0) is 23.0. The lowest BCUT2D eigenvalue weighted by atomic mass is 9.70. The summed E-state index contributed by atoms with van der Waals surface area (Å²) in [4.78, 5) is 0. The first-order valence-electron chi connectivity index (χ1n) is 12.8. The third-order valence-corrected chi connectivity index (χ3v) is 8.09. The average Bonchev–Trinajstić information content (AvgIpc) is 3.19. The molecule has 0 aromatic heterocycles. The normalized spacial score (nSPS) is 29.5. The Hall–Kier alpha value is -2.60. The molecule has 0 aromatic carbocycles. The van der Waals surface area contributed by atoms with E-state index in [2.05, 4.69) is 93.8 Å². The Morgan fingerprint density at radius 2 is 1.85 bits per heavy atom. The van der Waals surface area contributed by atoms with E-state index in [1.807, 2.05) is 0 Å². The van der Waals surface area contributed by atoms with Crippen molar-refractivity contribution in [3.63, 3.8) is 0 Å². The maximum absolute atomic E-state index is 4.42. The molecule has 0 nitrogen and oxygen atoms in total. The van der Waals surface area contributed by atoms with Crippen molar-refractivity contribution < 1.29 is 0 Å². The summed E-state index contributed by atoms with van der Waals surface area (Å²) in [5.74, 6) is 1.66. The van der Waals surface area contributed by atoms with Gasteiger partial charge in [-0.2, -0.15) is 0 Å². The molecule has 0 bridgehead atoms. The smallest absolute Gasteiger partial charge is 0.0267 e. The van der Waals surface area contributed by atoms with Crippen LogP contribution in [0.2, 0.25) is 0 Å². The second-order valence-corrected chi connectivity index (χ2v) is 11.5. The summed E-state index contributed by atoms with van der Waals surface area (Å²) in [6.45, 7) is 13.6. The summed E-state index contributed by atoms with van der Waals surface area (Å²) in [5, 5.41) is 0. The van der Waals surface area contributed by atoms with E-state index in [-0.39, 0.29) is 0 Å². The molecule has 0 N–H and O–H groups in total. The molecule has 0 radical (unpaired) electrons. The van der Waals surface area contributed by atoms with Crippen LogP contribution in [0.15, 0.2) is 119 Å². The maximum atomic E-state index is 4.42. The average molecular weight is 435 g/mol. The van der Waals surface area contributed by atoms with Gasteiger partial charge in [0.05, 0.1) is 0 Å². The van der Waals surface area contributed by atoms with Crippen molar-refractivity contribution in [2.75, 3.05) is 0 Å². The van der Waals surface area contributed by atoms with Crippen LogP contribution in [0, 0.1) is 23.2 Å². The zero-order valence-corrected chi connectivity index (χ0v) is 20.4. The summed E-state index contributed by atoms with van der Waals surface area (Å²) in [7, 11) is 0. The highest BCUT2D eigenvalue weighted by atomic mass is 14.3. The van der Waals surface area contributed by atoms with Gasteiger partial charge in [0.15, 0.2) is 0 Å². The summed E-state index contributed by atoms with van der Waals surface area (Å²) < 4.78 is 0. The molecule has 0 aliphatic heterocycles. The molecule has 3 atom stereocenters. The minimum Gasteiger partial charge on any atom is -0.0952 e. The number of hydrogen-bond donors (Lipinski definition) is 0. The van der Waals surface area contributed by atoms with Crippen LogP contribution < -0.4 is 0 Å². The lowest BCUT2D eigenvalue weighted by molar-refractivity contribution is 0.180. The van der Waals surface area contributed by atoms with Gasteiger partial charge in [-0.25, -0.2) is 0 Å². The molecule has 0 amide bonds. The predicted molar refractivity (Wildman–Crippen MR) is 143 cm³/mol. The second-order valence-electron chi connectivity index (χ2n) is 11.5. The SMILES string of the molecule is C=C(CCC1=CC2C=C(CC3CCCC(C)(C)C3)C=CC2=C1)C1=CC(=C)C2C=CC=CC2=C1. The van der Waals surface area contributed by atoms with Crippen LogP contribution in [0.3, 0.4) is 0 Å². The monoisotopic (exact) mass is 434 g/mol. The third kappa shape index (κ3) is 5.01. The van der Waals surface area contributed by atoms with Gasteiger partial charge in [-0.3, -0.25) is 0 Å². The van der Waals surface area contributed by atoms with Crippen molar-refractivity contribution in [3.05, 3.63) is 119 Å². The minimum absolute atomic E-state index is 0.337. The van der Waals surface area contributed by atoms with Gasteiger partial charge >= 0.3 is 0 Å². The Morgan fingerprint density at radius 1 is 1.00 bits per heavy atom. The minimum atomic E-state index is 0.337. The highest BCUT2D eigenvalue weighted by Crippen LogP contribution is 2.43. The van der Waals surface area contributed by atoms with Crippen molar-refractivity contribution in [1.29, 1.82) is 0 Å². The topological polar surface area (TPSA) is 0 Å². The Bertz CT molecular complexity index is 1100. The van der Waals surface area contributed by atoms with E-state index in [9.17, 15) is 0 Å². The van der Waals surface area contributed by atoms with Crippen molar-refractivity contribution in [1.82, 2.24) is 0 Å². The lowest BCUT2D eigenvalue weighted by Crippen LogP contribution is -2.23. The summed E-state index contributed by atoms with van der Waals surface area (Å²) in [6.07, 6.45) is 34.2. The fourth-order valence-electron chi connectivity index (χ4n) is 6.32. The standard InChI is InChI=1S/C33H38/c1-23(30-16-24(2)32-10-6-5-9-29(32)21-30)11-12-26-18-28-14-13-25(19-31(28)20-26)17-27-8-7-15-33(3,4)22-27/h5-6,9-10,13-14,16,18-21,27,31-32H,1-2,7-8,11-12,15,17,22H2,3-4H3. The first kappa shape index (κ1) is 22.2. The summed E-state index contributed by atoms with van der Waals surface area (Å²) >= 11 is 0. The molecular formula is C33H38. The van der Waals surface area contributed by atoms with Crippen molar-refractivity contribution in [3.8, 4) is 0 Å². The Balaban J connectivity index is 1.19. The van der Waals surface area contributed by atoms with Crippen molar-refractivity contribution in [2.24, 2.45) is 23.2 Å². The zero-order valence-electron chi connectivity index (χ0n) is 20.4. The molecule has 0 heterocycles. The largest absolute Gasteiger partial charge is 0.0952 e. The number of allylic oxidation sites excluding steroid dienone is 18. The molecule has 0 saturated heterocycles. The summed E-state index contributed by atoms with van der Waals surface area (Å²) in [6, 6.07) is 0. The Labute approximate surface area is 200 Å². The molecular weight excluding hydrogens is 396 g/mol. The molecule has 5 aliphatic rings. The fraction of sp³-hybridized carbons (Fsp3) is 0.394. The van der Waals surface area contributed by atoms with Crippen LogP contribution in [-0.2, 0) is 0 Å². The van der Waals surface area contributed by atoms with Gasteiger partial charge in [-0.05, 0) is 71.3 Å². The van der Waals surface area contributed by atoms with E-state index in [0.717, 1.165) is 18.8 Å². The van der Waals surface area contributed by atoms with E-state index in [1.54, 1.807) is 5.57 Å². The number of hydrogen-bond acceptors (Lipinski definition) is 0. The second kappa shape index (κ2) is 8.98. The third-order valence-electron chi connectivity index (χ3n) is 8.09. The van der Waals surface area contributed by atoms with Crippen molar-refractivity contribution in [2.45, 2.75) is 58.8 Å². The van der Waals surface area contributed by atoms with Gasteiger partial charge in [-0.15, -0.1) is 0 Å². The molecule has 5 aliphatic carbocycles. The molecule has 33 heavy (non-hydrogen) atoms. The lowest BCUT2D eigenvalue weighted by Gasteiger charge is -2.35. The van der Waals surface area contributed by atoms with Crippen molar-refractivity contribution >= 4 is 0 Å². The number of fused-ring (bicyclic) bond motifs is 2. The molecule has 5 rings (SSSR count). The van der Waals surface area contributed by atoms with Gasteiger partial charge in [-0.1, -0.05) is 118 Å². The van der Waals surface area contributed by atoms with Gasteiger partial charge in [0.25, 0.3) is 0 Å². The molecule has 170 valence electrons. The van der Waals surface area contributed by atoms with Crippen LogP contribution >= 0.6 is 0 Å². The Morgan fingerprint density at radius 3 is 2.70 bits per heavy atom. The van der Waals surface area contributed by atoms with Crippen LogP contribution in [0.4, 0.5) is 0 Å². The highest BCUT2D eigenvalue weighted by Gasteiger charge is 2.29. The van der Waals surface area contributed by atoms with Gasteiger partial charge in [0.1, 0.15) is 0 Å². The maximum Gasteiger partial charge on any atom is 0.0267 e. The van der Waals surface area contributed by atoms with Gasteiger partial charge in [0.2, 0.25) is 0 Å². The quantitative estimate of drug-likeness (QED) is 0.391. The fourth-order valence-corrected chi connectivity index (χ4v) is 6.32. The first-order chi connectivity index (χ1) is 15.9. The number of rotatable bonds is 6. The molecule has 3 unspecified atom stereocenters. The predicted octanol–water partition coefficient (Wildman–Crippen LogP) is 9.07.